The first-order valence-electron chi connectivity index (χ1n) is 10.3. The third-order valence-corrected chi connectivity index (χ3v) is 7.45. The van der Waals surface area contributed by atoms with Gasteiger partial charge in [0.15, 0.2) is 5.76 Å². The van der Waals surface area contributed by atoms with Crippen LogP contribution in [0.2, 0.25) is 0 Å². The van der Waals surface area contributed by atoms with Crippen LogP contribution in [0.5, 0.6) is 0 Å². The van der Waals surface area contributed by atoms with Crippen LogP contribution in [-0.2, 0) is 21.4 Å². The molecule has 2 aromatic rings. The van der Waals surface area contributed by atoms with Gasteiger partial charge in [-0.1, -0.05) is 11.2 Å². The largest absolute Gasteiger partial charge is 0.360 e. The number of carbonyl (C=O) groups excluding carboxylic acids is 1. The van der Waals surface area contributed by atoms with Crippen LogP contribution in [0.1, 0.15) is 23.9 Å². The Labute approximate surface area is 184 Å². The molecule has 9 nitrogen and oxygen atoms in total. The number of rotatable bonds is 7. The van der Waals surface area contributed by atoms with Crippen molar-refractivity contribution in [2.45, 2.75) is 38.3 Å². The van der Waals surface area contributed by atoms with Gasteiger partial charge in [0, 0.05) is 52.0 Å². The highest BCUT2D eigenvalue weighted by Gasteiger charge is 2.27. The van der Waals surface area contributed by atoms with Crippen molar-refractivity contribution in [2.75, 3.05) is 45.6 Å². The van der Waals surface area contributed by atoms with Gasteiger partial charge in [-0.2, -0.15) is 0 Å². The summed E-state index contributed by atoms with van der Waals surface area (Å²) in [5, 5.41) is 6.83. The summed E-state index contributed by atoms with van der Waals surface area (Å²) in [4.78, 5) is 17.5. The SMILES string of the molecule is Cc1cc(CN2CCN(C(C)C(=O)Nc3cc(S(=O)(=O)N(C)C)ccc3C)CC2)on1. The van der Waals surface area contributed by atoms with Crippen molar-refractivity contribution in [3.05, 3.63) is 41.3 Å². The van der Waals surface area contributed by atoms with Crippen LogP contribution in [-0.4, -0.2) is 79.9 Å². The quantitative estimate of drug-likeness (QED) is 0.687. The Morgan fingerprint density at radius 2 is 1.87 bits per heavy atom. The smallest absolute Gasteiger partial charge is 0.242 e. The molecule has 0 bridgehead atoms. The van der Waals surface area contributed by atoms with E-state index in [9.17, 15) is 13.2 Å². The summed E-state index contributed by atoms with van der Waals surface area (Å²) < 4.78 is 31.3. The third-order valence-electron chi connectivity index (χ3n) is 5.64. The van der Waals surface area contributed by atoms with E-state index < -0.39 is 10.0 Å². The molecule has 1 saturated heterocycles. The van der Waals surface area contributed by atoms with E-state index in [-0.39, 0.29) is 16.8 Å². The van der Waals surface area contributed by atoms with E-state index in [1.54, 1.807) is 12.1 Å². The fourth-order valence-electron chi connectivity index (χ4n) is 3.53. The van der Waals surface area contributed by atoms with Crippen LogP contribution in [0, 0.1) is 13.8 Å². The number of nitrogens with one attached hydrogen (secondary N) is 1. The first kappa shape index (κ1) is 23.4. The minimum Gasteiger partial charge on any atom is -0.360 e. The normalized spacial score (nSPS) is 17.1. The number of aryl methyl sites for hydroxylation is 2. The van der Waals surface area contributed by atoms with E-state index in [1.165, 1.54) is 20.2 Å². The van der Waals surface area contributed by atoms with Crippen molar-refractivity contribution in [3.63, 3.8) is 0 Å². The fraction of sp³-hybridized carbons (Fsp3) is 0.524. The molecule has 170 valence electrons. The molecule has 1 amide bonds. The number of sulfonamides is 1. The van der Waals surface area contributed by atoms with Gasteiger partial charge in [0.1, 0.15) is 0 Å². The highest BCUT2D eigenvalue weighted by Crippen LogP contribution is 2.22. The highest BCUT2D eigenvalue weighted by molar-refractivity contribution is 7.89. The maximum atomic E-state index is 12.9. The third kappa shape index (κ3) is 5.51. The van der Waals surface area contributed by atoms with Gasteiger partial charge in [-0.05, 0) is 38.5 Å². The number of piperazine rings is 1. The van der Waals surface area contributed by atoms with Gasteiger partial charge in [0.05, 0.1) is 23.2 Å². The van der Waals surface area contributed by atoms with Crippen LogP contribution in [0.4, 0.5) is 5.69 Å². The molecule has 1 fully saturated rings. The van der Waals surface area contributed by atoms with Crippen molar-refractivity contribution >= 4 is 21.6 Å². The zero-order chi connectivity index (χ0) is 22.8. The van der Waals surface area contributed by atoms with E-state index >= 15 is 0 Å². The van der Waals surface area contributed by atoms with Crippen LogP contribution in [0.3, 0.4) is 0 Å². The summed E-state index contributed by atoms with van der Waals surface area (Å²) in [6.45, 7) is 9.50. The molecule has 1 N–H and O–H groups in total. The molecule has 10 heteroatoms. The fourth-order valence-corrected chi connectivity index (χ4v) is 4.46. The Morgan fingerprint density at radius 1 is 1.19 bits per heavy atom. The molecule has 0 saturated carbocycles. The van der Waals surface area contributed by atoms with E-state index in [2.05, 4.69) is 20.3 Å². The summed E-state index contributed by atoms with van der Waals surface area (Å²) in [5.41, 5.74) is 2.20. The minimum absolute atomic E-state index is 0.151. The molecule has 1 atom stereocenters. The van der Waals surface area contributed by atoms with Crippen LogP contribution in [0.25, 0.3) is 0 Å². The van der Waals surface area contributed by atoms with E-state index in [1.807, 2.05) is 26.8 Å². The molecule has 31 heavy (non-hydrogen) atoms. The van der Waals surface area contributed by atoms with Crippen LogP contribution >= 0.6 is 0 Å². The van der Waals surface area contributed by atoms with Crippen molar-refractivity contribution in [3.8, 4) is 0 Å². The van der Waals surface area contributed by atoms with Gasteiger partial charge >= 0.3 is 0 Å². The van der Waals surface area contributed by atoms with Crippen LogP contribution in [0.15, 0.2) is 33.7 Å². The zero-order valence-corrected chi connectivity index (χ0v) is 19.6. The minimum atomic E-state index is -3.57. The molecule has 1 aliphatic heterocycles. The average molecular weight is 450 g/mol. The summed E-state index contributed by atoms with van der Waals surface area (Å²) in [7, 11) is -0.600. The van der Waals surface area contributed by atoms with Crippen molar-refractivity contribution in [1.29, 1.82) is 0 Å². The number of hydrogen-bond donors (Lipinski definition) is 1. The molecule has 1 aromatic heterocycles. The Bertz CT molecular complexity index is 1030. The maximum Gasteiger partial charge on any atom is 0.242 e. The Kier molecular flexibility index (Phi) is 7.15. The molecule has 1 unspecified atom stereocenters. The average Bonchev–Trinajstić information content (AvgIpc) is 3.13. The Balaban J connectivity index is 1.60. The van der Waals surface area contributed by atoms with Crippen molar-refractivity contribution < 1.29 is 17.7 Å². The van der Waals surface area contributed by atoms with E-state index in [4.69, 9.17) is 4.52 Å². The summed E-state index contributed by atoms with van der Waals surface area (Å²) >= 11 is 0. The molecule has 1 aromatic carbocycles. The number of hydrogen-bond acceptors (Lipinski definition) is 7. The molecule has 0 spiro atoms. The summed E-state index contributed by atoms with van der Waals surface area (Å²) in [5.74, 6) is 0.696. The monoisotopic (exact) mass is 449 g/mol. The van der Waals surface area contributed by atoms with E-state index in [0.29, 0.717) is 12.2 Å². The van der Waals surface area contributed by atoms with Crippen molar-refractivity contribution in [1.82, 2.24) is 19.3 Å². The van der Waals surface area contributed by atoms with E-state index in [0.717, 1.165) is 47.5 Å². The maximum absolute atomic E-state index is 12.9. The first-order chi connectivity index (χ1) is 14.6. The number of nitrogens with zero attached hydrogens (tertiary/aromatic N) is 4. The topological polar surface area (TPSA) is 99.0 Å². The Morgan fingerprint density at radius 3 is 2.45 bits per heavy atom. The van der Waals surface area contributed by atoms with Gasteiger partial charge in [-0.25, -0.2) is 12.7 Å². The summed E-state index contributed by atoms with van der Waals surface area (Å²) in [6, 6.07) is 6.39. The lowest BCUT2D eigenvalue weighted by atomic mass is 10.1. The number of aromatic nitrogens is 1. The van der Waals surface area contributed by atoms with Gasteiger partial charge < -0.3 is 9.84 Å². The second kappa shape index (κ2) is 9.47. The number of benzene rings is 1. The molecule has 0 aliphatic carbocycles. The lowest BCUT2D eigenvalue weighted by molar-refractivity contribution is -0.121. The standard InChI is InChI=1S/C21H31N5O4S/c1-15-6-7-19(31(28,29)24(4)5)13-20(15)22-21(27)17(3)26-10-8-25(9-11-26)14-18-12-16(2)23-30-18/h6-7,12-13,17H,8-11,14H2,1-5H3,(H,22,27). The predicted octanol–water partition coefficient (Wildman–Crippen LogP) is 1.69. The first-order valence-corrected chi connectivity index (χ1v) is 11.7. The number of carbonyl (C=O) groups is 1. The highest BCUT2D eigenvalue weighted by atomic mass is 32.2. The number of amides is 1. The van der Waals surface area contributed by atoms with Gasteiger partial charge in [0.2, 0.25) is 15.9 Å². The predicted molar refractivity (Wildman–Crippen MR) is 118 cm³/mol. The molecule has 2 heterocycles. The van der Waals surface area contributed by atoms with Gasteiger partial charge in [-0.3, -0.25) is 14.6 Å². The second-order valence-corrected chi connectivity index (χ2v) is 10.3. The second-order valence-electron chi connectivity index (χ2n) is 8.18. The molecule has 0 radical (unpaired) electrons. The van der Waals surface area contributed by atoms with Crippen molar-refractivity contribution in [2.24, 2.45) is 0 Å². The summed E-state index contributed by atoms with van der Waals surface area (Å²) in [6.07, 6.45) is 0. The molecule has 3 rings (SSSR count). The van der Waals surface area contributed by atoms with Gasteiger partial charge in [0.25, 0.3) is 0 Å². The zero-order valence-electron chi connectivity index (χ0n) is 18.8. The lowest BCUT2D eigenvalue weighted by Gasteiger charge is -2.37. The van der Waals surface area contributed by atoms with Crippen LogP contribution < -0.4 is 5.32 Å². The number of anilines is 1. The molecular weight excluding hydrogens is 418 g/mol. The molecular formula is C21H31N5O4S. The lowest BCUT2D eigenvalue weighted by Crippen LogP contribution is -2.52. The van der Waals surface area contributed by atoms with Gasteiger partial charge in [-0.15, -0.1) is 0 Å². The Hall–Kier alpha value is -2.27. The molecule has 1 aliphatic rings.